The first kappa shape index (κ1) is 16.4. The molecule has 1 atom stereocenters. The minimum Gasteiger partial charge on any atom is -0.346 e. The van der Waals surface area contributed by atoms with Crippen molar-refractivity contribution in [3.05, 3.63) is 12.7 Å². The summed E-state index contributed by atoms with van der Waals surface area (Å²) in [6.45, 7) is 9.56. The predicted molar refractivity (Wildman–Crippen MR) is 73.0 cm³/mol. The summed E-state index contributed by atoms with van der Waals surface area (Å²) in [7, 11) is 0. The fraction of sp³-hybridized carbons (Fsp3) is 0.571. The Kier molecular flexibility index (Phi) is 6.99. The van der Waals surface area contributed by atoms with Crippen LogP contribution in [0.15, 0.2) is 12.7 Å². The summed E-state index contributed by atoms with van der Waals surface area (Å²) in [6, 6.07) is -0.550. The van der Waals surface area contributed by atoms with Crippen LogP contribution >= 0.6 is 0 Å². The van der Waals surface area contributed by atoms with E-state index >= 15 is 0 Å². The Labute approximate surface area is 109 Å². The Morgan fingerprint density at radius 1 is 1.44 bits per heavy atom. The summed E-state index contributed by atoms with van der Waals surface area (Å²) < 4.78 is 0. The molecule has 4 nitrogen and oxygen atoms in total. The largest absolute Gasteiger partial charge is 0.346 e. The zero-order valence-corrected chi connectivity index (χ0v) is 11.4. The molecule has 0 aromatic heterocycles. The van der Waals surface area contributed by atoms with Crippen molar-refractivity contribution in [3.8, 4) is 12.3 Å². The maximum Gasteiger partial charge on any atom is 0.289 e. The van der Waals surface area contributed by atoms with Crippen molar-refractivity contribution in [1.82, 2.24) is 10.6 Å². The van der Waals surface area contributed by atoms with Crippen molar-refractivity contribution in [2.24, 2.45) is 0 Å². The van der Waals surface area contributed by atoms with Gasteiger partial charge in [-0.1, -0.05) is 6.08 Å². The molecule has 0 spiro atoms. The van der Waals surface area contributed by atoms with E-state index in [0.717, 1.165) is 0 Å². The molecule has 0 rings (SSSR count). The summed E-state index contributed by atoms with van der Waals surface area (Å²) in [4.78, 5) is 23.5. The molecule has 100 valence electrons. The monoisotopic (exact) mass is 250 g/mol. The molecule has 2 N–H and O–H groups in total. The minimum absolute atomic E-state index is 0.256. The third kappa shape index (κ3) is 6.87. The molecular formula is C14H22N2O2. The zero-order valence-electron chi connectivity index (χ0n) is 11.4. The Morgan fingerprint density at radius 2 is 2.06 bits per heavy atom. The number of terminal acetylenes is 1. The van der Waals surface area contributed by atoms with Gasteiger partial charge in [-0.2, -0.15) is 0 Å². The molecule has 0 aliphatic heterocycles. The van der Waals surface area contributed by atoms with Gasteiger partial charge in [0.25, 0.3) is 5.91 Å². The molecule has 1 amide bonds. The summed E-state index contributed by atoms with van der Waals surface area (Å²) in [5, 5.41) is 5.59. The highest BCUT2D eigenvalue weighted by molar-refractivity contribution is 6.38. The summed E-state index contributed by atoms with van der Waals surface area (Å²) in [5.41, 5.74) is -0.256. The molecule has 4 heteroatoms. The van der Waals surface area contributed by atoms with Crippen LogP contribution in [0.25, 0.3) is 0 Å². The van der Waals surface area contributed by atoms with Crippen LogP contribution < -0.4 is 10.6 Å². The fourth-order valence-electron chi connectivity index (χ4n) is 1.43. The lowest BCUT2D eigenvalue weighted by Crippen LogP contribution is -2.51. The van der Waals surface area contributed by atoms with Gasteiger partial charge in [0.1, 0.15) is 0 Å². The highest BCUT2D eigenvalue weighted by atomic mass is 16.2. The number of carbonyl (C=O) groups is 2. The van der Waals surface area contributed by atoms with Crippen molar-refractivity contribution >= 4 is 11.7 Å². The number of carbonyl (C=O) groups excluding carboxylic acids is 2. The first-order chi connectivity index (χ1) is 8.31. The van der Waals surface area contributed by atoms with E-state index in [-0.39, 0.29) is 12.1 Å². The Morgan fingerprint density at radius 3 is 2.50 bits per heavy atom. The van der Waals surface area contributed by atoms with Gasteiger partial charge in [0.05, 0.1) is 6.04 Å². The Balaban J connectivity index is 4.63. The summed E-state index contributed by atoms with van der Waals surface area (Å²) in [5.74, 6) is 1.39. The second-order valence-electron chi connectivity index (χ2n) is 5.05. The van der Waals surface area contributed by atoms with E-state index in [1.165, 1.54) is 6.08 Å². The van der Waals surface area contributed by atoms with Crippen molar-refractivity contribution in [3.63, 3.8) is 0 Å². The summed E-state index contributed by atoms with van der Waals surface area (Å²) in [6.07, 6.45) is 7.63. The maximum atomic E-state index is 12.0. The van der Waals surface area contributed by atoms with Gasteiger partial charge >= 0.3 is 0 Å². The van der Waals surface area contributed by atoms with Crippen LogP contribution in [-0.2, 0) is 9.59 Å². The number of ketones is 1. The quantitative estimate of drug-likeness (QED) is 0.403. The molecular weight excluding hydrogens is 228 g/mol. The topological polar surface area (TPSA) is 58.2 Å². The Hall–Kier alpha value is -1.60. The predicted octanol–water partition coefficient (Wildman–Crippen LogP) is 1.03. The molecule has 1 unspecified atom stereocenters. The lowest BCUT2D eigenvalue weighted by molar-refractivity contribution is -0.139. The molecule has 0 bridgehead atoms. The molecule has 0 radical (unpaired) electrons. The first-order valence-electron chi connectivity index (χ1n) is 5.96. The second-order valence-corrected chi connectivity index (χ2v) is 5.05. The SMILES string of the molecule is C#CCCC(NC(C)(C)C)C(=O)C(=O)NCC=C. The fourth-order valence-corrected chi connectivity index (χ4v) is 1.43. The number of hydrogen-bond acceptors (Lipinski definition) is 3. The van der Waals surface area contributed by atoms with Crippen molar-refractivity contribution < 1.29 is 9.59 Å². The van der Waals surface area contributed by atoms with E-state index in [9.17, 15) is 9.59 Å². The average Bonchev–Trinajstić information content (AvgIpc) is 2.29. The third-order valence-electron chi connectivity index (χ3n) is 2.13. The van der Waals surface area contributed by atoms with Crippen molar-refractivity contribution in [2.75, 3.05) is 6.54 Å². The first-order valence-corrected chi connectivity index (χ1v) is 5.96. The highest BCUT2D eigenvalue weighted by Crippen LogP contribution is 2.07. The van der Waals surface area contributed by atoms with Gasteiger partial charge in [0.2, 0.25) is 5.78 Å². The van der Waals surface area contributed by atoms with Gasteiger partial charge < -0.3 is 10.6 Å². The van der Waals surface area contributed by atoms with E-state index in [1.54, 1.807) is 0 Å². The number of nitrogens with one attached hydrogen (secondary N) is 2. The molecule has 0 fully saturated rings. The maximum absolute atomic E-state index is 12.0. The Bertz CT molecular complexity index is 348. The van der Waals surface area contributed by atoms with Gasteiger partial charge in [0, 0.05) is 18.5 Å². The normalized spacial score (nSPS) is 12.3. The van der Waals surface area contributed by atoms with Gasteiger partial charge in [-0.05, 0) is 27.2 Å². The second kappa shape index (κ2) is 7.67. The molecule has 0 aromatic rings. The summed E-state index contributed by atoms with van der Waals surface area (Å²) >= 11 is 0. The van der Waals surface area contributed by atoms with E-state index in [0.29, 0.717) is 12.8 Å². The lowest BCUT2D eigenvalue weighted by Gasteiger charge is -2.27. The van der Waals surface area contributed by atoms with Crippen LogP contribution in [0.1, 0.15) is 33.6 Å². The smallest absolute Gasteiger partial charge is 0.289 e. The van der Waals surface area contributed by atoms with E-state index in [4.69, 9.17) is 6.42 Å². The molecule has 18 heavy (non-hydrogen) atoms. The van der Waals surface area contributed by atoms with E-state index in [1.807, 2.05) is 20.8 Å². The van der Waals surface area contributed by atoms with Crippen LogP contribution in [0.5, 0.6) is 0 Å². The van der Waals surface area contributed by atoms with Crippen molar-refractivity contribution in [2.45, 2.75) is 45.2 Å². The van der Waals surface area contributed by atoms with Gasteiger partial charge in [0.15, 0.2) is 0 Å². The standard InChI is InChI=1S/C14H22N2O2/c1-6-8-9-11(16-14(3,4)5)12(17)13(18)15-10-7-2/h1,7,11,16H,2,8-10H2,3-5H3,(H,15,18). The highest BCUT2D eigenvalue weighted by Gasteiger charge is 2.27. The van der Waals surface area contributed by atoms with E-state index in [2.05, 4.69) is 23.1 Å². The molecule has 0 aliphatic carbocycles. The minimum atomic E-state index is -0.603. The van der Waals surface area contributed by atoms with E-state index < -0.39 is 17.7 Å². The molecule has 0 saturated carbocycles. The number of amides is 1. The lowest BCUT2D eigenvalue weighted by atomic mass is 10.0. The molecule has 0 aliphatic rings. The molecule has 0 saturated heterocycles. The van der Waals surface area contributed by atoms with Crippen LogP contribution in [0.4, 0.5) is 0 Å². The van der Waals surface area contributed by atoms with Gasteiger partial charge in [-0.3, -0.25) is 9.59 Å². The van der Waals surface area contributed by atoms with Gasteiger partial charge in [-0.25, -0.2) is 0 Å². The van der Waals surface area contributed by atoms with Crippen LogP contribution in [-0.4, -0.2) is 29.8 Å². The van der Waals surface area contributed by atoms with Crippen LogP contribution in [0.3, 0.4) is 0 Å². The number of hydrogen-bond donors (Lipinski definition) is 2. The number of rotatable bonds is 7. The molecule has 0 heterocycles. The van der Waals surface area contributed by atoms with Gasteiger partial charge in [-0.15, -0.1) is 18.9 Å². The number of Topliss-reactive ketones (excluding diaryl/α,β-unsaturated/α-hetero) is 1. The van der Waals surface area contributed by atoms with Crippen molar-refractivity contribution in [1.29, 1.82) is 0 Å². The average molecular weight is 250 g/mol. The van der Waals surface area contributed by atoms with Crippen LogP contribution in [0.2, 0.25) is 0 Å². The zero-order chi connectivity index (χ0) is 14.2. The van der Waals surface area contributed by atoms with Crippen LogP contribution in [0, 0.1) is 12.3 Å². The molecule has 0 aromatic carbocycles. The third-order valence-corrected chi connectivity index (χ3v) is 2.13.